The largest absolute Gasteiger partial charge is 0.481 e. The van der Waals surface area contributed by atoms with E-state index in [1.165, 1.54) is 6.08 Å². The zero-order valence-electron chi connectivity index (χ0n) is 13.1. The van der Waals surface area contributed by atoms with Crippen molar-refractivity contribution in [2.24, 2.45) is 5.10 Å². The third-order valence-electron chi connectivity index (χ3n) is 3.21. The van der Waals surface area contributed by atoms with E-state index in [9.17, 15) is 9.59 Å². The minimum Gasteiger partial charge on any atom is -0.481 e. The van der Waals surface area contributed by atoms with Crippen LogP contribution in [0.15, 0.2) is 71.8 Å². The monoisotopic (exact) mass is 322 g/mol. The van der Waals surface area contributed by atoms with Gasteiger partial charge in [-0.2, -0.15) is 5.10 Å². The normalized spacial score (nSPS) is 11.4. The SMILES string of the molecule is O=C(O)CC/C(=N/NC(=O)/C=C/c1ccccc1)c1ccccc1. The van der Waals surface area contributed by atoms with Gasteiger partial charge in [-0.05, 0) is 17.2 Å². The molecule has 0 aliphatic rings. The van der Waals surface area contributed by atoms with E-state index in [0.29, 0.717) is 5.71 Å². The van der Waals surface area contributed by atoms with Crippen molar-refractivity contribution in [2.75, 3.05) is 0 Å². The Kier molecular flexibility index (Phi) is 6.46. The van der Waals surface area contributed by atoms with Crippen molar-refractivity contribution in [2.45, 2.75) is 12.8 Å². The lowest BCUT2D eigenvalue weighted by molar-refractivity contribution is -0.136. The Hall–Kier alpha value is -3.21. The second-order valence-corrected chi connectivity index (χ2v) is 5.04. The molecule has 1 amide bonds. The molecule has 0 heterocycles. The molecule has 0 radical (unpaired) electrons. The minimum absolute atomic E-state index is 0.0521. The van der Waals surface area contributed by atoms with Crippen LogP contribution >= 0.6 is 0 Å². The van der Waals surface area contributed by atoms with Crippen LogP contribution in [0.25, 0.3) is 6.08 Å². The highest BCUT2D eigenvalue weighted by Gasteiger charge is 2.07. The average molecular weight is 322 g/mol. The smallest absolute Gasteiger partial charge is 0.303 e. The van der Waals surface area contributed by atoms with Crippen LogP contribution in [0.4, 0.5) is 0 Å². The Morgan fingerprint density at radius 2 is 1.58 bits per heavy atom. The molecular weight excluding hydrogens is 304 g/mol. The van der Waals surface area contributed by atoms with E-state index in [2.05, 4.69) is 10.5 Å². The number of hydrogen-bond donors (Lipinski definition) is 2. The maximum absolute atomic E-state index is 11.9. The van der Waals surface area contributed by atoms with Crippen LogP contribution in [0.2, 0.25) is 0 Å². The Labute approximate surface area is 140 Å². The van der Waals surface area contributed by atoms with Gasteiger partial charge >= 0.3 is 5.97 Å². The number of carbonyl (C=O) groups is 2. The Morgan fingerprint density at radius 3 is 2.21 bits per heavy atom. The first kappa shape index (κ1) is 17.1. The van der Waals surface area contributed by atoms with E-state index in [1.807, 2.05) is 60.7 Å². The molecule has 0 saturated carbocycles. The molecule has 0 aromatic heterocycles. The number of carbonyl (C=O) groups excluding carboxylic acids is 1. The van der Waals surface area contributed by atoms with E-state index in [-0.39, 0.29) is 18.7 Å². The van der Waals surface area contributed by atoms with Gasteiger partial charge in [-0.15, -0.1) is 0 Å². The van der Waals surface area contributed by atoms with Crippen LogP contribution in [-0.4, -0.2) is 22.7 Å². The van der Waals surface area contributed by atoms with Gasteiger partial charge in [-0.3, -0.25) is 9.59 Å². The number of benzene rings is 2. The summed E-state index contributed by atoms with van der Waals surface area (Å²) in [5, 5.41) is 12.9. The fraction of sp³-hybridized carbons (Fsp3) is 0.105. The van der Waals surface area contributed by atoms with Crippen molar-refractivity contribution in [1.29, 1.82) is 0 Å². The Bertz CT molecular complexity index is 738. The standard InChI is InChI=1S/C19H18N2O3/c22-18(13-11-15-7-3-1-4-8-15)21-20-17(12-14-19(23)24)16-9-5-2-6-10-16/h1-11,13H,12,14H2,(H,21,22)(H,23,24)/b13-11+,20-17-. The molecule has 0 aliphatic carbocycles. The van der Waals surface area contributed by atoms with E-state index in [0.717, 1.165) is 11.1 Å². The van der Waals surface area contributed by atoms with E-state index in [1.54, 1.807) is 6.08 Å². The predicted molar refractivity (Wildman–Crippen MR) is 93.5 cm³/mol. The zero-order valence-corrected chi connectivity index (χ0v) is 13.1. The van der Waals surface area contributed by atoms with Crippen molar-refractivity contribution in [3.05, 3.63) is 77.9 Å². The lowest BCUT2D eigenvalue weighted by atomic mass is 10.1. The summed E-state index contributed by atoms with van der Waals surface area (Å²) in [6, 6.07) is 18.6. The predicted octanol–water partition coefficient (Wildman–Crippen LogP) is 3.09. The number of amides is 1. The summed E-state index contributed by atoms with van der Waals surface area (Å²) in [6.45, 7) is 0. The van der Waals surface area contributed by atoms with E-state index >= 15 is 0 Å². The maximum Gasteiger partial charge on any atom is 0.303 e. The molecule has 5 heteroatoms. The van der Waals surface area contributed by atoms with Crippen molar-refractivity contribution in [3.8, 4) is 0 Å². The molecule has 0 bridgehead atoms. The second kappa shape index (κ2) is 9.05. The average Bonchev–Trinajstić information content (AvgIpc) is 2.61. The summed E-state index contributed by atoms with van der Waals surface area (Å²) in [6.07, 6.45) is 3.26. The van der Waals surface area contributed by atoms with Crippen LogP contribution in [0.5, 0.6) is 0 Å². The van der Waals surface area contributed by atoms with Crippen molar-refractivity contribution < 1.29 is 14.7 Å². The molecule has 5 nitrogen and oxygen atoms in total. The fourth-order valence-electron chi connectivity index (χ4n) is 2.02. The molecule has 0 fully saturated rings. The number of aliphatic carboxylic acids is 1. The Balaban J connectivity index is 2.04. The zero-order chi connectivity index (χ0) is 17.2. The topological polar surface area (TPSA) is 78.8 Å². The van der Waals surface area contributed by atoms with Gasteiger partial charge in [0, 0.05) is 12.5 Å². The van der Waals surface area contributed by atoms with Crippen LogP contribution < -0.4 is 5.43 Å². The fourth-order valence-corrected chi connectivity index (χ4v) is 2.02. The van der Waals surface area contributed by atoms with E-state index in [4.69, 9.17) is 5.11 Å². The van der Waals surface area contributed by atoms with Gasteiger partial charge in [-0.25, -0.2) is 5.43 Å². The summed E-state index contributed by atoms with van der Waals surface area (Å²) in [5.74, 6) is -1.28. The van der Waals surface area contributed by atoms with Gasteiger partial charge in [0.2, 0.25) is 0 Å². The van der Waals surface area contributed by atoms with E-state index < -0.39 is 5.97 Å². The number of nitrogens with zero attached hydrogens (tertiary/aromatic N) is 1. The third-order valence-corrected chi connectivity index (χ3v) is 3.21. The number of carboxylic acids is 1. The molecule has 2 aromatic carbocycles. The molecule has 0 unspecified atom stereocenters. The maximum atomic E-state index is 11.9. The van der Waals surface area contributed by atoms with Crippen LogP contribution in [0.3, 0.4) is 0 Å². The van der Waals surface area contributed by atoms with Crippen molar-refractivity contribution in [1.82, 2.24) is 5.43 Å². The molecular formula is C19H18N2O3. The molecule has 0 aliphatic heterocycles. The molecule has 0 atom stereocenters. The number of rotatable bonds is 7. The lowest BCUT2D eigenvalue weighted by Crippen LogP contribution is -2.18. The summed E-state index contributed by atoms with van der Waals surface area (Å²) >= 11 is 0. The summed E-state index contributed by atoms with van der Waals surface area (Å²) in [7, 11) is 0. The van der Waals surface area contributed by atoms with Gasteiger partial charge in [0.1, 0.15) is 0 Å². The first-order chi connectivity index (χ1) is 11.6. The van der Waals surface area contributed by atoms with Gasteiger partial charge in [0.25, 0.3) is 5.91 Å². The molecule has 122 valence electrons. The molecule has 2 rings (SSSR count). The highest BCUT2D eigenvalue weighted by atomic mass is 16.4. The second-order valence-electron chi connectivity index (χ2n) is 5.04. The van der Waals surface area contributed by atoms with Crippen molar-refractivity contribution >= 4 is 23.7 Å². The Morgan fingerprint density at radius 1 is 0.958 bits per heavy atom. The highest BCUT2D eigenvalue weighted by Crippen LogP contribution is 2.06. The highest BCUT2D eigenvalue weighted by molar-refractivity contribution is 6.02. The van der Waals surface area contributed by atoms with Gasteiger partial charge in [-0.1, -0.05) is 60.7 Å². The number of nitrogens with one attached hydrogen (secondary N) is 1. The van der Waals surface area contributed by atoms with Crippen LogP contribution in [0, 0.1) is 0 Å². The lowest BCUT2D eigenvalue weighted by Gasteiger charge is -2.05. The van der Waals surface area contributed by atoms with Crippen LogP contribution in [-0.2, 0) is 9.59 Å². The first-order valence-electron chi connectivity index (χ1n) is 7.52. The van der Waals surface area contributed by atoms with Gasteiger partial charge in [0.05, 0.1) is 12.1 Å². The summed E-state index contributed by atoms with van der Waals surface area (Å²) in [4.78, 5) is 22.6. The quantitative estimate of drug-likeness (QED) is 0.467. The molecule has 24 heavy (non-hydrogen) atoms. The molecule has 0 spiro atoms. The number of carboxylic acid groups (broad SMARTS) is 1. The summed E-state index contributed by atoms with van der Waals surface area (Å²) in [5.41, 5.74) is 4.66. The number of hydrazone groups is 1. The summed E-state index contributed by atoms with van der Waals surface area (Å²) < 4.78 is 0. The van der Waals surface area contributed by atoms with Crippen molar-refractivity contribution in [3.63, 3.8) is 0 Å². The molecule has 0 saturated heterocycles. The van der Waals surface area contributed by atoms with Crippen LogP contribution in [0.1, 0.15) is 24.0 Å². The number of hydrogen-bond acceptors (Lipinski definition) is 3. The molecule has 2 N–H and O–H groups in total. The van der Waals surface area contributed by atoms with Gasteiger partial charge < -0.3 is 5.11 Å². The minimum atomic E-state index is -0.908. The first-order valence-corrected chi connectivity index (χ1v) is 7.52. The molecule has 2 aromatic rings. The van der Waals surface area contributed by atoms with Gasteiger partial charge in [0.15, 0.2) is 0 Å². The third kappa shape index (κ3) is 5.88.